The van der Waals surface area contributed by atoms with E-state index in [-0.39, 0.29) is 5.78 Å². The van der Waals surface area contributed by atoms with Crippen molar-refractivity contribution in [2.45, 2.75) is 41.0 Å². The second-order valence-electron chi connectivity index (χ2n) is 3.30. The van der Waals surface area contributed by atoms with Crippen LogP contribution in [0.2, 0.25) is 0 Å². The minimum Gasteiger partial charge on any atom is -0.0623 e. The van der Waals surface area contributed by atoms with Gasteiger partial charge in [0.25, 0.3) is 0 Å². The van der Waals surface area contributed by atoms with Crippen LogP contribution in [0.25, 0.3) is 0 Å². The van der Waals surface area contributed by atoms with E-state index in [1.54, 1.807) is 0 Å². The average molecular weight is 328 g/mol. The van der Waals surface area contributed by atoms with Crippen LogP contribution in [-0.2, 0) is 4.65 Å². The van der Waals surface area contributed by atoms with E-state index in [1.807, 2.05) is 101 Å². The Kier molecular flexibility index (Phi) is 40.1. The molecule has 0 unspecified atom stereocenters. The molecule has 0 N–H and O–H groups in total. The van der Waals surface area contributed by atoms with E-state index in [9.17, 15) is 4.79 Å². The Balaban J connectivity index is -0.000000123. The molecule has 0 spiro atoms. The molecule has 132 valence electrons. The zero-order valence-corrected chi connectivity index (χ0v) is 15.8. The first kappa shape index (κ1) is 29.6. The molecule has 2 nitrogen and oxygen atoms in total. The van der Waals surface area contributed by atoms with Crippen molar-refractivity contribution in [3.05, 3.63) is 92.1 Å². The topological polar surface area (TPSA) is 37.0 Å². The number of benzene rings is 2. The van der Waals surface area contributed by atoms with E-state index >= 15 is 0 Å². The van der Waals surface area contributed by atoms with Crippen LogP contribution in [0.15, 0.2) is 79.9 Å². The van der Waals surface area contributed by atoms with Gasteiger partial charge in [0.1, 0.15) is 0 Å². The first-order valence-corrected chi connectivity index (χ1v) is 8.13. The first-order valence-electron chi connectivity index (χ1n) is 8.13. The number of Topliss-reactive ketones (excluding diaryl/α,β-unsaturated/α-hetero) is 1. The van der Waals surface area contributed by atoms with Crippen molar-refractivity contribution in [3.8, 4) is 0 Å². The number of hydrogen-bond donors (Lipinski definition) is 0. The van der Waals surface area contributed by atoms with Crippen LogP contribution < -0.4 is 0 Å². The maximum atomic E-state index is 11.0. The Hall–Kier alpha value is -2.41. The number of ketones is 1. The fourth-order valence-electron chi connectivity index (χ4n) is 1.21. The smallest absolute Gasteiger partial charge is 0.0623 e. The molecule has 0 heterocycles. The standard InChI is InChI=1S/C9H10O.C6H6.2C2H6.C2H4.CO/c1-2-9(10)8-6-4-3-5-7-8;1-2-4-6-5-3-1;4*1-2/h3-7H,2H2,1H3;1-6H;2*1-2H3;1-2H2;. The van der Waals surface area contributed by atoms with Gasteiger partial charge in [-0.15, -0.1) is 13.2 Å². The largest absolute Gasteiger partial charge is 0.0623 e. The number of carbonyl (C=O) groups excluding carboxylic acids is 1. The SMILES string of the molecule is C=C.CC.CC.CCC(=O)c1ccccc1.[C-]#[O+].c1ccccc1. The molecule has 0 bridgehead atoms. The summed E-state index contributed by atoms with van der Waals surface area (Å²) in [6.07, 6.45) is 0.587. The third-order valence-corrected chi connectivity index (χ3v) is 2.08. The van der Waals surface area contributed by atoms with Crippen molar-refractivity contribution >= 4 is 5.78 Å². The van der Waals surface area contributed by atoms with E-state index in [4.69, 9.17) is 4.65 Å². The molecule has 0 radical (unpaired) electrons. The summed E-state index contributed by atoms with van der Waals surface area (Å²) in [5.41, 5.74) is 0.810. The van der Waals surface area contributed by atoms with Gasteiger partial charge >= 0.3 is 11.3 Å². The van der Waals surface area contributed by atoms with Gasteiger partial charge in [-0.05, 0) is 0 Å². The van der Waals surface area contributed by atoms with Crippen LogP contribution in [0, 0.1) is 6.65 Å². The first-order chi connectivity index (χ1) is 11.8. The Morgan fingerprint density at radius 2 is 1.04 bits per heavy atom. The van der Waals surface area contributed by atoms with E-state index in [0.717, 1.165) is 5.56 Å². The van der Waals surface area contributed by atoms with Crippen molar-refractivity contribution < 1.29 is 9.45 Å². The molecular formula is C22H32O2. The van der Waals surface area contributed by atoms with Gasteiger partial charge in [0.05, 0.1) is 0 Å². The van der Waals surface area contributed by atoms with Crippen molar-refractivity contribution in [1.29, 1.82) is 0 Å². The molecule has 0 aliphatic heterocycles. The molecule has 0 aliphatic rings. The van der Waals surface area contributed by atoms with Crippen LogP contribution in [0.1, 0.15) is 51.4 Å². The summed E-state index contributed by atoms with van der Waals surface area (Å²) in [4.78, 5) is 11.0. The molecule has 0 aromatic heterocycles. The van der Waals surface area contributed by atoms with Crippen LogP contribution in [0.3, 0.4) is 0 Å². The second-order valence-corrected chi connectivity index (χ2v) is 3.30. The molecule has 2 aromatic carbocycles. The maximum absolute atomic E-state index is 11.0. The Morgan fingerprint density at radius 1 is 0.792 bits per heavy atom. The third kappa shape index (κ3) is 21.9. The van der Waals surface area contributed by atoms with Crippen molar-refractivity contribution in [2.75, 3.05) is 0 Å². The van der Waals surface area contributed by atoms with Crippen LogP contribution >= 0.6 is 0 Å². The summed E-state index contributed by atoms with van der Waals surface area (Å²) >= 11 is 0. The summed E-state index contributed by atoms with van der Waals surface area (Å²) < 4.78 is 7.50. The molecule has 2 heteroatoms. The molecular weight excluding hydrogens is 296 g/mol. The van der Waals surface area contributed by atoms with Gasteiger partial charge in [-0.2, -0.15) is 0 Å². The summed E-state index contributed by atoms with van der Waals surface area (Å²) in [7, 11) is 0. The fraction of sp³-hybridized carbons (Fsp3) is 0.273. The van der Waals surface area contributed by atoms with Gasteiger partial charge in [0.15, 0.2) is 5.78 Å². The molecule has 2 rings (SSSR count). The summed E-state index contributed by atoms with van der Waals surface area (Å²) in [6, 6.07) is 21.3. The molecule has 2 aromatic rings. The number of hydrogen-bond acceptors (Lipinski definition) is 1. The minimum atomic E-state index is 0.209. The van der Waals surface area contributed by atoms with Crippen LogP contribution in [0.5, 0.6) is 0 Å². The zero-order valence-electron chi connectivity index (χ0n) is 15.8. The molecule has 0 saturated carbocycles. The average Bonchev–Trinajstić information content (AvgIpc) is 2.75. The summed E-state index contributed by atoms with van der Waals surface area (Å²) in [5, 5.41) is 0. The quantitative estimate of drug-likeness (QED) is 0.259. The molecule has 0 fully saturated rings. The van der Waals surface area contributed by atoms with Crippen LogP contribution in [-0.4, -0.2) is 5.78 Å². The molecule has 0 aliphatic carbocycles. The fourth-order valence-corrected chi connectivity index (χ4v) is 1.21. The number of rotatable bonds is 2. The second kappa shape index (κ2) is 32.5. The van der Waals surface area contributed by atoms with Crippen molar-refractivity contribution in [2.24, 2.45) is 0 Å². The molecule has 24 heavy (non-hydrogen) atoms. The van der Waals surface area contributed by atoms with E-state index < -0.39 is 0 Å². The van der Waals surface area contributed by atoms with E-state index in [1.165, 1.54) is 0 Å². The normalized spacial score (nSPS) is 6.62. The summed E-state index contributed by atoms with van der Waals surface area (Å²) in [6.45, 7) is 20.4. The predicted octanol–water partition coefficient (Wildman–Crippen LogP) is 6.78. The summed E-state index contributed by atoms with van der Waals surface area (Å²) in [5.74, 6) is 0.209. The van der Waals surface area contributed by atoms with Crippen LogP contribution in [0.4, 0.5) is 0 Å². The Morgan fingerprint density at radius 3 is 1.29 bits per heavy atom. The van der Waals surface area contributed by atoms with E-state index in [0.29, 0.717) is 6.42 Å². The predicted molar refractivity (Wildman–Crippen MR) is 105 cm³/mol. The van der Waals surface area contributed by atoms with Gasteiger partial charge < -0.3 is 0 Å². The van der Waals surface area contributed by atoms with Gasteiger partial charge in [0.2, 0.25) is 0 Å². The van der Waals surface area contributed by atoms with Gasteiger partial charge in [0, 0.05) is 12.0 Å². The molecule has 0 saturated heterocycles. The molecule has 0 atom stereocenters. The van der Waals surface area contributed by atoms with Gasteiger partial charge in [-0.25, -0.2) is 0 Å². The Bertz CT molecular complexity index is 420. The van der Waals surface area contributed by atoms with Crippen molar-refractivity contribution in [3.63, 3.8) is 0 Å². The Labute approximate surface area is 149 Å². The van der Waals surface area contributed by atoms with Gasteiger partial charge in [-0.1, -0.05) is 101 Å². The zero-order chi connectivity index (χ0) is 19.6. The maximum Gasteiger partial charge on any atom is -0.0623 e. The van der Waals surface area contributed by atoms with Crippen molar-refractivity contribution in [1.82, 2.24) is 0 Å². The third-order valence-electron chi connectivity index (χ3n) is 2.08. The number of carbonyl (C=O) groups is 1. The molecule has 0 amide bonds. The monoisotopic (exact) mass is 328 g/mol. The van der Waals surface area contributed by atoms with E-state index in [2.05, 4.69) is 19.8 Å². The van der Waals surface area contributed by atoms with Gasteiger partial charge in [-0.3, -0.25) is 4.79 Å². The minimum absolute atomic E-state index is 0.209.